The van der Waals surface area contributed by atoms with E-state index in [1.807, 2.05) is 0 Å². The molecule has 3 fully saturated rings. The number of hydrogen-bond acceptors (Lipinski definition) is 10. The molecule has 3 aliphatic heterocycles. The lowest BCUT2D eigenvalue weighted by Gasteiger charge is -2.23. The van der Waals surface area contributed by atoms with Crippen LogP contribution in [0, 0.1) is 0 Å². The van der Waals surface area contributed by atoms with Crippen LogP contribution in [0.15, 0.2) is 0 Å². The first kappa shape index (κ1) is 42.1. The van der Waals surface area contributed by atoms with Crippen molar-refractivity contribution in [2.75, 3.05) is 52.6 Å². The monoisotopic (exact) mass is 712 g/mol. The normalized spacial score (nSPS) is 31.8. The van der Waals surface area contributed by atoms with Gasteiger partial charge in [-0.1, -0.05) is 25.7 Å². The highest BCUT2D eigenvalue weighted by Crippen LogP contribution is 2.26. The molecule has 3 rings (SSSR count). The first-order chi connectivity index (χ1) is 24.1. The number of fused-ring (bicyclic) bond motifs is 4. The molecular formula is C36H64N4O10. The Labute approximate surface area is 298 Å². The minimum absolute atomic E-state index is 0.0185. The molecule has 4 amide bonds. The van der Waals surface area contributed by atoms with Crippen molar-refractivity contribution in [3.05, 3.63) is 0 Å². The van der Waals surface area contributed by atoms with Crippen molar-refractivity contribution in [1.82, 2.24) is 21.3 Å². The van der Waals surface area contributed by atoms with Crippen molar-refractivity contribution in [1.29, 1.82) is 0 Å². The van der Waals surface area contributed by atoms with E-state index < -0.39 is 11.9 Å². The van der Waals surface area contributed by atoms with Crippen LogP contribution in [0.1, 0.15) is 129 Å². The number of nitrogens with one attached hydrogen (secondary N) is 4. The van der Waals surface area contributed by atoms with Gasteiger partial charge < -0.3 is 49.7 Å². The molecule has 0 radical (unpaired) electrons. The lowest BCUT2D eigenvalue weighted by molar-refractivity contribution is -0.325. The lowest BCUT2D eigenvalue weighted by atomic mass is 10.1. The molecule has 4 N–H and O–H groups in total. The molecule has 4 atom stereocenters. The van der Waals surface area contributed by atoms with E-state index in [0.29, 0.717) is 78.3 Å². The Morgan fingerprint density at radius 3 is 1.16 bits per heavy atom. The average Bonchev–Trinajstić information content (AvgIpc) is 3.66. The molecule has 288 valence electrons. The van der Waals surface area contributed by atoms with Gasteiger partial charge in [0.25, 0.3) is 11.9 Å². The Hall–Kier alpha value is -2.36. The molecule has 14 nitrogen and oxygen atoms in total. The molecule has 4 unspecified atom stereocenters. The molecule has 3 saturated heterocycles. The van der Waals surface area contributed by atoms with Gasteiger partial charge in [-0.3, -0.25) is 19.2 Å². The summed E-state index contributed by atoms with van der Waals surface area (Å²) >= 11 is 0. The minimum Gasteiger partial charge on any atom is -0.356 e. The lowest BCUT2D eigenvalue weighted by Crippen LogP contribution is -2.36. The zero-order chi connectivity index (χ0) is 35.9. The van der Waals surface area contributed by atoms with Crippen molar-refractivity contribution in [3.63, 3.8) is 0 Å². The molecule has 0 spiro atoms. The molecule has 0 aromatic carbocycles. The van der Waals surface area contributed by atoms with Crippen LogP contribution in [0.2, 0.25) is 0 Å². The number of carbonyl (C=O) groups excluding carboxylic acids is 4. The summed E-state index contributed by atoms with van der Waals surface area (Å²) in [7, 11) is 0. The van der Waals surface area contributed by atoms with Gasteiger partial charge in [-0.15, -0.1) is 0 Å². The molecule has 14 heteroatoms. The van der Waals surface area contributed by atoms with Gasteiger partial charge >= 0.3 is 0 Å². The smallest absolute Gasteiger partial charge is 0.280 e. The summed E-state index contributed by atoms with van der Waals surface area (Å²) in [5.74, 6) is -2.16. The summed E-state index contributed by atoms with van der Waals surface area (Å²) in [5, 5.41) is 11.8. The van der Waals surface area contributed by atoms with E-state index in [-0.39, 0.29) is 35.8 Å². The van der Waals surface area contributed by atoms with Crippen LogP contribution in [0.25, 0.3) is 0 Å². The fraction of sp³-hybridized carbons (Fsp3) is 0.889. The second-order valence-corrected chi connectivity index (χ2v) is 13.8. The molecule has 3 aliphatic rings. The van der Waals surface area contributed by atoms with Crippen LogP contribution >= 0.6 is 0 Å². The van der Waals surface area contributed by atoms with Gasteiger partial charge in [0.2, 0.25) is 23.6 Å². The highest BCUT2D eigenvalue weighted by Gasteiger charge is 2.39. The Balaban J connectivity index is 1.33. The number of rotatable bonds is 0. The van der Waals surface area contributed by atoms with E-state index in [1.165, 1.54) is 0 Å². The van der Waals surface area contributed by atoms with Crippen molar-refractivity contribution in [2.45, 2.75) is 154 Å². The number of ether oxygens (including phenoxy) is 6. The molecule has 0 saturated carbocycles. The average molecular weight is 713 g/mol. The predicted octanol–water partition coefficient (Wildman–Crippen LogP) is 3.70. The van der Waals surface area contributed by atoms with Crippen LogP contribution in [0.5, 0.6) is 0 Å². The SMILES string of the molecule is CC12OCCCCCNC(=O)CCCCCCC(=O)NCC3COC(C)(OCCCCCNC(=O)CCCCCCC(=O)NCC(CO1)O2)O3. The third kappa shape index (κ3) is 18.8. The van der Waals surface area contributed by atoms with E-state index in [4.69, 9.17) is 28.4 Å². The summed E-state index contributed by atoms with van der Waals surface area (Å²) in [5.41, 5.74) is 0. The van der Waals surface area contributed by atoms with E-state index in [1.54, 1.807) is 13.8 Å². The van der Waals surface area contributed by atoms with E-state index >= 15 is 0 Å². The fourth-order valence-electron chi connectivity index (χ4n) is 6.02. The van der Waals surface area contributed by atoms with Crippen molar-refractivity contribution in [2.24, 2.45) is 0 Å². The summed E-state index contributed by atoms with van der Waals surface area (Å²) in [6, 6.07) is 0. The number of carbonyl (C=O) groups is 4. The first-order valence-electron chi connectivity index (χ1n) is 19.1. The van der Waals surface area contributed by atoms with Gasteiger partial charge in [-0.05, 0) is 64.2 Å². The molecule has 0 aromatic rings. The first-order valence-corrected chi connectivity index (χ1v) is 19.1. The zero-order valence-corrected chi connectivity index (χ0v) is 30.6. The highest BCUT2D eigenvalue weighted by molar-refractivity contribution is 5.77. The van der Waals surface area contributed by atoms with Gasteiger partial charge in [0, 0.05) is 65.7 Å². The van der Waals surface area contributed by atoms with Gasteiger partial charge in [-0.2, -0.15) is 0 Å². The second kappa shape index (κ2) is 24.0. The summed E-state index contributed by atoms with van der Waals surface area (Å²) < 4.78 is 34.9. The van der Waals surface area contributed by atoms with E-state index in [9.17, 15) is 19.2 Å². The summed E-state index contributed by atoms with van der Waals surface area (Å²) in [6.07, 6.45) is 13.2. The Bertz CT molecular complexity index is 941. The Morgan fingerprint density at radius 2 is 0.780 bits per heavy atom. The molecule has 4 bridgehead atoms. The maximum absolute atomic E-state index is 12.3. The molecule has 0 aromatic heterocycles. The standard InChI is InChI=1S/C36H64N4O10/c1-35-45-23-15-7-13-21-37-31(41)17-10-4-6-12-20-34(44)40-26-30-28-48-36(2,50-30)46-24-16-8-14-22-38-32(42)18-9-3-5-11-19-33(43)39-25-29(49-35)27-47-35/h29-30H,3-28H2,1-2H3,(H,37,41)(H,38,42)(H,39,43)(H,40,44). The third-order valence-corrected chi connectivity index (χ3v) is 9.01. The van der Waals surface area contributed by atoms with Crippen LogP contribution in [0.3, 0.4) is 0 Å². The summed E-state index contributed by atoms with van der Waals surface area (Å²) in [4.78, 5) is 48.9. The predicted molar refractivity (Wildman–Crippen MR) is 186 cm³/mol. The Morgan fingerprint density at radius 1 is 0.440 bits per heavy atom. The molecule has 3 heterocycles. The van der Waals surface area contributed by atoms with Crippen molar-refractivity contribution < 1.29 is 47.6 Å². The van der Waals surface area contributed by atoms with Gasteiger partial charge in [0.05, 0.1) is 26.4 Å². The fourth-order valence-corrected chi connectivity index (χ4v) is 6.02. The van der Waals surface area contributed by atoms with Crippen LogP contribution in [-0.2, 0) is 47.6 Å². The van der Waals surface area contributed by atoms with Gasteiger partial charge in [0.15, 0.2) is 0 Å². The third-order valence-electron chi connectivity index (χ3n) is 9.01. The van der Waals surface area contributed by atoms with Crippen molar-refractivity contribution in [3.8, 4) is 0 Å². The van der Waals surface area contributed by atoms with E-state index in [2.05, 4.69) is 21.3 Å². The van der Waals surface area contributed by atoms with Gasteiger partial charge in [-0.25, -0.2) is 0 Å². The van der Waals surface area contributed by atoms with E-state index in [0.717, 1.165) is 89.9 Å². The maximum atomic E-state index is 12.3. The minimum atomic E-state index is -1.12. The van der Waals surface area contributed by atoms with Crippen molar-refractivity contribution >= 4 is 23.6 Å². The topological polar surface area (TPSA) is 172 Å². The van der Waals surface area contributed by atoms with Crippen LogP contribution in [0.4, 0.5) is 0 Å². The molecule has 50 heavy (non-hydrogen) atoms. The largest absolute Gasteiger partial charge is 0.356 e. The molecular weight excluding hydrogens is 648 g/mol. The summed E-state index contributed by atoms with van der Waals surface area (Å²) in [6.45, 7) is 7.12. The van der Waals surface area contributed by atoms with Crippen LogP contribution in [-0.4, -0.2) is 100 Å². The highest BCUT2D eigenvalue weighted by atomic mass is 16.9. The zero-order valence-electron chi connectivity index (χ0n) is 30.6. The second-order valence-electron chi connectivity index (χ2n) is 13.8. The van der Waals surface area contributed by atoms with Gasteiger partial charge in [0.1, 0.15) is 12.2 Å². The quantitative estimate of drug-likeness (QED) is 0.290. The number of amides is 4. The Kier molecular flexibility index (Phi) is 20.2. The number of hydrogen-bond donors (Lipinski definition) is 4. The maximum Gasteiger partial charge on any atom is 0.280 e. The van der Waals surface area contributed by atoms with Crippen LogP contribution < -0.4 is 21.3 Å². The molecule has 0 aliphatic carbocycles.